The van der Waals surface area contributed by atoms with Crippen molar-refractivity contribution < 1.29 is 0 Å². The Morgan fingerprint density at radius 1 is 1.38 bits per heavy atom. The van der Waals surface area contributed by atoms with Crippen LogP contribution in [0.4, 0.5) is 0 Å². The maximum absolute atomic E-state index is 8.94. The zero-order valence-electron chi connectivity index (χ0n) is 9.14. The van der Waals surface area contributed by atoms with E-state index in [4.69, 9.17) is 5.26 Å². The Bertz CT molecular complexity index is 371. The summed E-state index contributed by atoms with van der Waals surface area (Å²) in [5.41, 5.74) is 1.35. The topological polar surface area (TPSA) is 27.0 Å². The maximum atomic E-state index is 8.94. The van der Waals surface area contributed by atoms with E-state index in [1.165, 1.54) is 5.56 Å². The zero-order valence-corrected chi connectivity index (χ0v) is 10.7. The van der Waals surface area contributed by atoms with Crippen LogP contribution in [0.15, 0.2) is 30.3 Å². The monoisotopic (exact) mass is 278 g/mol. The minimum Gasteiger partial charge on any atom is -0.298 e. The highest BCUT2D eigenvalue weighted by molar-refractivity contribution is 9.09. The zero-order chi connectivity index (χ0) is 11.4. The van der Waals surface area contributed by atoms with E-state index in [0.717, 1.165) is 26.1 Å². The number of hydrogen-bond donors (Lipinski definition) is 0. The first-order valence-corrected chi connectivity index (χ1v) is 6.51. The van der Waals surface area contributed by atoms with Crippen LogP contribution in [0.3, 0.4) is 0 Å². The normalized spacial score (nSPS) is 26.2. The van der Waals surface area contributed by atoms with Crippen molar-refractivity contribution in [1.82, 2.24) is 4.90 Å². The Morgan fingerprint density at radius 2 is 2.12 bits per heavy atom. The number of piperidine rings is 1. The summed E-state index contributed by atoms with van der Waals surface area (Å²) in [5, 5.41) is 8.94. The van der Waals surface area contributed by atoms with Gasteiger partial charge >= 0.3 is 0 Å². The van der Waals surface area contributed by atoms with Gasteiger partial charge in [0.1, 0.15) is 0 Å². The number of benzene rings is 1. The number of alkyl halides is 1. The third-order valence-electron chi connectivity index (χ3n) is 3.04. The summed E-state index contributed by atoms with van der Waals surface area (Å²) in [5.74, 6) is 0.173. The first-order chi connectivity index (χ1) is 7.79. The average molecular weight is 279 g/mol. The molecular formula is C13H15BrN2. The van der Waals surface area contributed by atoms with E-state index in [9.17, 15) is 0 Å². The van der Waals surface area contributed by atoms with Crippen molar-refractivity contribution in [3.8, 4) is 6.07 Å². The van der Waals surface area contributed by atoms with Gasteiger partial charge in [0.25, 0.3) is 0 Å². The van der Waals surface area contributed by atoms with E-state index in [2.05, 4.69) is 51.2 Å². The van der Waals surface area contributed by atoms with Gasteiger partial charge in [0, 0.05) is 17.9 Å². The molecule has 1 aromatic carbocycles. The predicted molar refractivity (Wildman–Crippen MR) is 68.2 cm³/mol. The average Bonchev–Trinajstić information content (AvgIpc) is 2.31. The SMILES string of the molecule is N#CC1CCN(Cc2ccccc2)CC1Br. The molecule has 1 fully saturated rings. The van der Waals surface area contributed by atoms with Crippen LogP contribution in [0, 0.1) is 17.2 Å². The quantitative estimate of drug-likeness (QED) is 0.778. The lowest BCUT2D eigenvalue weighted by Gasteiger charge is -2.32. The van der Waals surface area contributed by atoms with Gasteiger partial charge < -0.3 is 0 Å². The van der Waals surface area contributed by atoms with Crippen LogP contribution in [0.2, 0.25) is 0 Å². The Hall–Kier alpha value is -0.850. The van der Waals surface area contributed by atoms with Crippen LogP contribution in [-0.4, -0.2) is 22.8 Å². The van der Waals surface area contributed by atoms with Crippen LogP contribution in [0.25, 0.3) is 0 Å². The van der Waals surface area contributed by atoms with Gasteiger partial charge in [-0.25, -0.2) is 0 Å². The van der Waals surface area contributed by atoms with Crippen molar-refractivity contribution in [2.24, 2.45) is 5.92 Å². The molecule has 1 heterocycles. The van der Waals surface area contributed by atoms with Crippen molar-refractivity contribution in [3.05, 3.63) is 35.9 Å². The van der Waals surface area contributed by atoms with Crippen LogP contribution in [0.1, 0.15) is 12.0 Å². The van der Waals surface area contributed by atoms with Crippen molar-refractivity contribution in [2.75, 3.05) is 13.1 Å². The smallest absolute Gasteiger partial charge is 0.0668 e. The van der Waals surface area contributed by atoms with Crippen LogP contribution in [-0.2, 0) is 6.54 Å². The summed E-state index contributed by atoms with van der Waals surface area (Å²) < 4.78 is 0. The lowest BCUT2D eigenvalue weighted by molar-refractivity contribution is 0.206. The first kappa shape index (κ1) is 11.6. The Kier molecular flexibility index (Phi) is 3.98. The van der Waals surface area contributed by atoms with Crippen LogP contribution >= 0.6 is 15.9 Å². The minimum atomic E-state index is 0.173. The first-order valence-electron chi connectivity index (χ1n) is 5.59. The van der Waals surface area contributed by atoms with E-state index in [1.807, 2.05) is 6.07 Å². The summed E-state index contributed by atoms with van der Waals surface area (Å²) >= 11 is 3.60. The summed E-state index contributed by atoms with van der Waals surface area (Å²) in [6, 6.07) is 12.9. The van der Waals surface area contributed by atoms with Gasteiger partial charge in [-0.3, -0.25) is 4.90 Å². The molecule has 0 radical (unpaired) electrons. The largest absolute Gasteiger partial charge is 0.298 e. The molecule has 1 aromatic rings. The van der Waals surface area contributed by atoms with Crippen molar-refractivity contribution in [3.63, 3.8) is 0 Å². The molecule has 0 spiro atoms. The van der Waals surface area contributed by atoms with E-state index in [-0.39, 0.29) is 5.92 Å². The van der Waals surface area contributed by atoms with Gasteiger partial charge in [-0.2, -0.15) is 5.26 Å². The molecule has 2 unspecified atom stereocenters. The van der Waals surface area contributed by atoms with Gasteiger partial charge in [-0.05, 0) is 18.5 Å². The Labute approximate surface area is 105 Å². The molecule has 1 saturated heterocycles. The second-order valence-electron chi connectivity index (χ2n) is 4.26. The molecule has 1 aliphatic rings. The molecule has 2 nitrogen and oxygen atoms in total. The molecule has 1 aliphatic heterocycles. The third kappa shape index (κ3) is 2.84. The molecular weight excluding hydrogens is 264 g/mol. The van der Waals surface area contributed by atoms with E-state index >= 15 is 0 Å². The Morgan fingerprint density at radius 3 is 2.75 bits per heavy atom. The van der Waals surface area contributed by atoms with Gasteiger partial charge in [0.15, 0.2) is 0 Å². The maximum Gasteiger partial charge on any atom is 0.0668 e. The summed E-state index contributed by atoms with van der Waals surface area (Å²) in [4.78, 5) is 2.72. The lowest BCUT2D eigenvalue weighted by atomic mass is 9.98. The highest BCUT2D eigenvalue weighted by Crippen LogP contribution is 2.24. The van der Waals surface area contributed by atoms with Crippen LogP contribution < -0.4 is 0 Å². The summed E-state index contributed by atoms with van der Waals surface area (Å²) in [7, 11) is 0. The number of likely N-dealkylation sites (tertiary alicyclic amines) is 1. The molecule has 0 aliphatic carbocycles. The predicted octanol–water partition coefficient (Wildman–Crippen LogP) is 2.80. The fourth-order valence-electron chi connectivity index (χ4n) is 2.10. The standard InChI is InChI=1S/C13H15BrN2/c14-13-10-16(7-6-12(13)8-15)9-11-4-2-1-3-5-11/h1-5,12-13H,6-7,9-10H2. The van der Waals surface area contributed by atoms with E-state index in [0.29, 0.717) is 4.83 Å². The molecule has 16 heavy (non-hydrogen) atoms. The third-order valence-corrected chi connectivity index (χ3v) is 3.97. The second-order valence-corrected chi connectivity index (χ2v) is 5.44. The number of hydrogen-bond acceptors (Lipinski definition) is 2. The number of nitrogens with zero attached hydrogens (tertiary/aromatic N) is 2. The van der Waals surface area contributed by atoms with E-state index < -0.39 is 0 Å². The molecule has 84 valence electrons. The van der Waals surface area contributed by atoms with Crippen molar-refractivity contribution >= 4 is 15.9 Å². The second kappa shape index (κ2) is 5.47. The fraction of sp³-hybridized carbons (Fsp3) is 0.462. The molecule has 0 amide bonds. The van der Waals surface area contributed by atoms with Crippen LogP contribution in [0.5, 0.6) is 0 Å². The molecule has 2 rings (SSSR count). The summed E-state index contributed by atoms with van der Waals surface area (Å²) in [6.45, 7) is 2.98. The molecule has 3 heteroatoms. The molecule has 0 aromatic heterocycles. The number of rotatable bonds is 2. The van der Waals surface area contributed by atoms with Gasteiger partial charge in [-0.15, -0.1) is 0 Å². The lowest BCUT2D eigenvalue weighted by Crippen LogP contribution is -2.40. The molecule has 0 N–H and O–H groups in total. The van der Waals surface area contributed by atoms with Crippen molar-refractivity contribution in [1.29, 1.82) is 5.26 Å². The molecule has 0 saturated carbocycles. The highest BCUT2D eigenvalue weighted by Gasteiger charge is 2.26. The molecule has 0 bridgehead atoms. The fourth-order valence-corrected chi connectivity index (χ4v) is 2.89. The van der Waals surface area contributed by atoms with Gasteiger partial charge in [0.05, 0.1) is 12.0 Å². The van der Waals surface area contributed by atoms with Gasteiger partial charge in [0.2, 0.25) is 0 Å². The minimum absolute atomic E-state index is 0.173. The number of nitriles is 1. The summed E-state index contributed by atoms with van der Waals surface area (Å²) in [6.07, 6.45) is 0.971. The van der Waals surface area contributed by atoms with Gasteiger partial charge in [-0.1, -0.05) is 46.3 Å². The molecule has 2 atom stereocenters. The van der Waals surface area contributed by atoms with Crippen molar-refractivity contribution in [2.45, 2.75) is 17.8 Å². The number of halogens is 1. The van der Waals surface area contributed by atoms with E-state index in [1.54, 1.807) is 0 Å². The Balaban J connectivity index is 1.92. The highest BCUT2D eigenvalue weighted by atomic mass is 79.9.